The summed E-state index contributed by atoms with van der Waals surface area (Å²) in [6.07, 6.45) is 0.439. The number of ether oxygens (including phenoxy) is 4. The fourth-order valence-corrected chi connectivity index (χ4v) is 5.15. The average Bonchev–Trinajstić information content (AvgIpc) is 2.60. The maximum Gasteiger partial charge on any atom is 0.329 e. The first kappa shape index (κ1) is 21.7. The molecule has 3 atom stereocenters. The molecule has 3 rings (SSSR count). The molecule has 0 radical (unpaired) electrons. The topological polar surface area (TPSA) is 71.1 Å². The number of carbonyl (C=O) groups excluding carboxylic acids is 2. The predicted molar refractivity (Wildman–Crippen MR) is 112 cm³/mol. The molecule has 29 heavy (non-hydrogen) atoms. The van der Waals surface area contributed by atoms with E-state index in [0.29, 0.717) is 36.2 Å². The van der Waals surface area contributed by atoms with Gasteiger partial charge >= 0.3 is 11.9 Å². The van der Waals surface area contributed by atoms with Gasteiger partial charge in [-0.2, -0.15) is 0 Å². The van der Waals surface area contributed by atoms with Gasteiger partial charge in [-0.3, -0.25) is 9.59 Å². The van der Waals surface area contributed by atoms with Crippen molar-refractivity contribution >= 4 is 20.0 Å². The van der Waals surface area contributed by atoms with E-state index in [2.05, 4.69) is 33.5 Å². The van der Waals surface area contributed by atoms with Crippen molar-refractivity contribution in [2.75, 3.05) is 20.8 Å². The Labute approximate surface area is 173 Å². The van der Waals surface area contributed by atoms with E-state index in [0.717, 1.165) is 11.6 Å². The normalized spacial score (nSPS) is 25.4. The van der Waals surface area contributed by atoms with Crippen LogP contribution in [0.15, 0.2) is 12.1 Å². The van der Waals surface area contributed by atoms with E-state index in [-0.39, 0.29) is 11.8 Å². The van der Waals surface area contributed by atoms with Crippen LogP contribution in [0, 0.1) is 17.3 Å². The summed E-state index contributed by atoms with van der Waals surface area (Å²) in [5, 5.41) is 0. The van der Waals surface area contributed by atoms with Gasteiger partial charge in [-0.05, 0) is 24.3 Å². The molecule has 0 aromatic heterocycles. The first-order valence-electron chi connectivity index (χ1n) is 10.2. The lowest BCUT2D eigenvalue weighted by Crippen LogP contribution is -2.61. The first-order chi connectivity index (χ1) is 13.5. The molecule has 0 spiro atoms. The van der Waals surface area contributed by atoms with Crippen LogP contribution in [0.4, 0.5) is 0 Å². The Bertz CT molecular complexity index is 812. The smallest absolute Gasteiger partial charge is 0.329 e. The summed E-state index contributed by atoms with van der Waals surface area (Å²) < 4.78 is 22.2. The molecule has 0 bridgehead atoms. The summed E-state index contributed by atoms with van der Waals surface area (Å²) >= 11 is 0. The predicted octanol–water partition coefficient (Wildman–Crippen LogP) is 4.25. The summed E-state index contributed by atoms with van der Waals surface area (Å²) in [5.74, 6) is 0.667. The molecule has 1 aromatic rings. The lowest BCUT2D eigenvalue weighted by molar-refractivity contribution is -0.186. The standard InChI is InChI=1S/C22H32O6Si/c1-13(2)15-12-22(20(23)27-8-9-29(5,6)7)19(15)18-16(26-4)10-14(25-3)11-17(18)28-21(22)24/h10-11,13,15,19H,8-9,12H2,1-7H3/t15-,19+,22+/m1/s1. The Morgan fingerprint density at radius 3 is 2.48 bits per heavy atom. The highest BCUT2D eigenvalue weighted by atomic mass is 28.3. The van der Waals surface area contributed by atoms with Gasteiger partial charge in [-0.15, -0.1) is 0 Å². The summed E-state index contributed by atoms with van der Waals surface area (Å²) in [6.45, 7) is 11.2. The number of methoxy groups -OCH3 is 2. The molecular weight excluding hydrogens is 388 g/mol. The van der Waals surface area contributed by atoms with Crippen LogP contribution in [0.2, 0.25) is 25.7 Å². The van der Waals surface area contributed by atoms with Gasteiger partial charge in [0.05, 0.1) is 20.8 Å². The number of fused-ring (bicyclic) bond motifs is 3. The molecule has 0 N–H and O–H groups in total. The molecule has 6 nitrogen and oxygen atoms in total. The molecule has 1 aliphatic carbocycles. The number of rotatable bonds is 7. The largest absolute Gasteiger partial charge is 0.496 e. The van der Waals surface area contributed by atoms with Gasteiger partial charge in [0.2, 0.25) is 0 Å². The number of benzene rings is 1. The Kier molecular flexibility index (Phi) is 5.73. The minimum atomic E-state index is -1.36. The second-order valence-corrected chi connectivity index (χ2v) is 15.3. The molecule has 1 saturated carbocycles. The van der Waals surface area contributed by atoms with Gasteiger partial charge in [0.25, 0.3) is 0 Å². The molecule has 0 unspecified atom stereocenters. The highest BCUT2D eigenvalue weighted by Crippen LogP contribution is 2.66. The number of hydrogen-bond donors (Lipinski definition) is 0. The van der Waals surface area contributed by atoms with Crippen molar-refractivity contribution in [1.29, 1.82) is 0 Å². The van der Waals surface area contributed by atoms with Crippen LogP contribution in [0.5, 0.6) is 17.2 Å². The summed E-state index contributed by atoms with van der Waals surface area (Å²) in [6, 6.07) is 4.32. The third-order valence-electron chi connectivity index (χ3n) is 6.23. The van der Waals surface area contributed by atoms with E-state index in [1.165, 1.54) is 0 Å². The minimum Gasteiger partial charge on any atom is -0.496 e. The van der Waals surface area contributed by atoms with Crippen molar-refractivity contribution in [3.05, 3.63) is 17.7 Å². The van der Waals surface area contributed by atoms with E-state index < -0.39 is 25.4 Å². The SMILES string of the molecule is COc1cc(OC)c2c(c1)OC(=O)[C@@]1(C(=O)OCC[Si](C)(C)C)C[C@H](C(C)C)[C@@H]21. The Hall–Kier alpha value is -2.02. The van der Waals surface area contributed by atoms with E-state index in [4.69, 9.17) is 18.9 Å². The first-order valence-corrected chi connectivity index (χ1v) is 13.9. The lowest BCUT2D eigenvalue weighted by Gasteiger charge is -2.55. The van der Waals surface area contributed by atoms with Crippen LogP contribution >= 0.6 is 0 Å². The molecule has 1 aromatic carbocycles. The second-order valence-electron chi connectivity index (χ2n) is 9.64. The fraction of sp³-hybridized carbons (Fsp3) is 0.636. The van der Waals surface area contributed by atoms with Gasteiger partial charge < -0.3 is 18.9 Å². The van der Waals surface area contributed by atoms with Crippen molar-refractivity contribution < 1.29 is 28.5 Å². The van der Waals surface area contributed by atoms with Crippen LogP contribution in [-0.2, 0) is 14.3 Å². The Morgan fingerprint density at radius 1 is 1.24 bits per heavy atom. The van der Waals surface area contributed by atoms with Crippen LogP contribution in [0.3, 0.4) is 0 Å². The molecule has 1 aliphatic heterocycles. The highest BCUT2D eigenvalue weighted by Gasteiger charge is 2.69. The maximum atomic E-state index is 13.2. The summed E-state index contributed by atoms with van der Waals surface area (Å²) in [7, 11) is 1.76. The number of hydrogen-bond acceptors (Lipinski definition) is 6. The van der Waals surface area contributed by atoms with Crippen molar-refractivity contribution in [2.45, 2.75) is 51.9 Å². The second kappa shape index (κ2) is 7.67. The Balaban J connectivity index is 2.01. The van der Waals surface area contributed by atoms with Crippen molar-refractivity contribution in [3.8, 4) is 17.2 Å². The monoisotopic (exact) mass is 420 g/mol. The summed E-state index contributed by atoms with van der Waals surface area (Å²) in [4.78, 5) is 26.3. The zero-order valence-electron chi connectivity index (χ0n) is 18.5. The molecule has 0 saturated heterocycles. The van der Waals surface area contributed by atoms with E-state index >= 15 is 0 Å². The van der Waals surface area contributed by atoms with E-state index in [1.807, 2.05) is 0 Å². The quantitative estimate of drug-likeness (QED) is 0.284. The molecule has 1 heterocycles. The molecule has 0 amide bonds. The third-order valence-corrected chi connectivity index (χ3v) is 7.94. The Morgan fingerprint density at radius 2 is 1.93 bits per heavy atom. The van der Waals surface area contributed by atoms with Gasteiger partial charge in [0, 0.05) is 31.7 Å². The summed E-state index contributed by atoms with van der Waals surface area (Å²) in [5.41, 5.74) is -0.525. The van der Waals surface area contributed by atoms with Crippen molar-refractivity contribution in [2.24, 2.45) is 17.3 Å². The van der Waals surface area contributed by atoms with Crippen molar-refractivity contribution in [3.63, 3.8) is 0 Å². The van der Waals surface area contributed by atoms with Crippen LogP contribution in [-0.4, -0.2) is 40.8 Å². The van der Waals surface area contributed by atoms with Gasteiger partial charge in [0.1, 0.15) is 17.2 Å². The third kappa shape index (κ3) is 3.65. The molecule has 7 heteroatoms. The number of carbonyl (C=O) groups is 2. The van der Waals surface area contributed by atoms with Gasteiger partial charge in [-0.1, -0.05) is 33.5 Å². The zero-order valence-corrected chi connectivity index (χ0v) is 19.5. The van der Waals surface area contributed by atoms with Crippen molar-refractivity contribution in [1.82, 2.24) is 0 Å². The van der Waals surface area contributed by atoms with E-state index in [1.54, 1.807) is 26.4 Å². The molecular formula is C22H32O6Si. The van der Waals surface area contributed by atoms with Crippen LogP contribution in [0.1, 0.15) is 31.7 Å². The van der Waals surface area contributed by atoms with Gasteiger partial charge in [0.15, 0.2) is 5.41 Å². The molecule has 2 aliphatic rings. The van der Waals surface area contributed by atoms with Crippen LogP contribution < -0.4 is 14.2 Å². The van der Waals surface area contributed by atoms with E-state index in [9.17, 15) is 9.59 Å². The highest BCUT2D eigenvalue weighted by molar-refractivity contribution is 6.76. The minimum absolute atomic E-state index is 0.161. The molecule has 160 valence electrons. The lowest BCUT2D eigenvalue weighted by atomic mass is 9.48. The number of esters is 2. The fourth-order valence-electron chi connectivity index (χ4n) is 4.43. The van der Waals surface area contributed by atoms with Gasteiger partial charge in [-0.25, -0.2) is 0 Å². The maximum absolute atomic E-state index is 13.2. The average molecular weight is 421 g/mol. The zero-order chi connectivity index (χ0) is 21.6. The molecule has 1 fully saturated rings. The van der Waals surface area contributed by atoms with Crippen LogP contribution in [0.25, 0.3) is 0 Å².